The van der Waals surface area contributed by atoms with Crippen LogP contribution in [0.15, 0.2) is 12.1 Å². The monoisotopic (exact) mass is 430 g/mol. The molecule has 4 heterocycles. The molecule has 0 radical (unpaired) electrons. The Morgan fingerprint density at radius 3 is 2.82 bits per heavy atom. The van der Waals surface area contributed by atoms with E-state index in [1.807, 2.05) is 16.7 Å². The van der Waals surface area contributed by atoms with Gasteiger partial charge in [0.25, 0.3) is 5.91 Å². The minimum Gasteiger partial charge on any atom is -0.376 e. The third kappa shape index (κ3) is 3.89. The maximum Gasteiger partial charge on any atom is 0.433 e. The number of carbonyl (C=O) groups excluding carboxylic acids is 1. The molecule has 0 spiro atoms. The van der Waals surface area contributed by atoms with E-state index in [0.717, 1.165) is 54.8 Å². The second-order valence-corrected chi connectivity index (χ2v) is 9.36. The number of aryl methyl sites for hydroxylation is 1. The molecule has 2 aliphatic rings. The summed E-state index contributed by atoms with van der Waals surface area (Å²) in [5, 5.41) is 0.610. The number of ether oxygens (including phenoxy) is 1. The molecule has 0 N–H and O–H groups in total. The standard InChI is InChI=1S/C19H21F3N2O2S2/c1-11-14-4-5-15(19(20,21)22)23-17(14)28-16(11)18(25)24(12-6-8-27-10-12)9-13-3-2-7-26-13/h4-5,12-13H,2-3,6-10H2,1H3/t12-,13+/m1/s1. The Bertz CT molecular complexity index is 872. The van der Waals surface area contributed by atoms with E-state index in [2.05, 4.69) is 4.98 Å². The molecule has 2 aliphatic heterocycles. The van der Waals surface area contributed by atoms with Gasteiger partial charge in [-0.2, -0.15) is 24.9 Å². The highest BCUT2D eigenvalue weighted by Gasteiger charge is 2.35. The first-order chi connectivity index (χ1) is 13.3. The van der Waals surface area contributed by atoms with Gasteiger partial charge in [0.15, 0.2) is 0 Å². The summed E-state index contributed by atoms with van der Waals surface area (Å²) < 4.78 is 44.7. The second kappa shape index (κ2) is 7.84. The fourth-order valence-corrected chi connectivity index (χ4v) is 6.13. The highest BCUT2D eigenvalue weighted by molar-refractivity contribution is 7.99. The van der Waals surface area contributed by atoms with Crippen molar-refractivity contribution in [2.75, 3.05) is 24.7 Å². The number of pyridine rings is 1. The lowest BCUT2D eigenvalue weighted by atomic mass is 10.1. The average Bonchev–Trinajstić information content (AvgIpc) is 3.40. The molecule has 2 saturated heterocycles. The largest absolute Gasteiger partial charge is 0.433 e. The molecule has 2 aromatic heterocycles. The van der Waals surface area contributed by atoms with Gasteiger partial charge in [-0.25, -0.2) is 4.98 Å². The summed E-state index contributed by atoms with van der Waals surface area (Å²) in [7, 11) is 0. The van der Waals surface area contributed by atoms with Gasteiger partial charge in [0.1, 0.15) is 10.5 Å². The van der Waals surface area contributed by atoms with E-state index in [9.17, 15) is 18.0 Å². The van der Waals surface area contributed by atoms with Crippen molar-refractivity contribution in [2.24, 2.45) is 0 Å². The third-order valence-electron chi connectivity index (χ3n) is 5.32. The Morgan fingerprint density at radius 2 is 2.18 bits per heavy atom. The van der Waals surface area contributed by atoms with Crippen molar-refractivity contribution >= 4 is 39.2 Å². The van der Waals surface area contributed by atoms with Crippen LogP contribution in [-0.4, -0.2) is 52.6 Å². The number of alkyl halides is 3. The number of aromatic nitrogens is 1. The van der Waals surface area contributed by atoms with Crippen molar-refractivity contribution in [1.82, 2.24) is 9.88 Å². The number of amides is 1. The van der Waals surface area contributed by atoms with E-state index in [4.69, 9.17) is 4.74 Å². The van der Waals surface area contributed by atoms with Crippen LogP contribution in [0, 0.1) is 6.92 Å². The molecule has 0 unspecified atom stereocenters. The molecule has 1 amide bonds. The SMILES string of the molecule is Cc1c(C(=O)N(C[C@@H]2CCCO2)[C@@H]2CCSC2)sc2nc(C(F)(F)F)ccc12. The van der Waals surface area contributed by atoms with E-state index in [0.29, 0.717) is 22.4 Å². The number of nitrogens with zero attached hydrogens (tertiary/aromatic N) is 2. The highest BCUT2D eigenvalue weighted by Crippen LogP contribution is 2.36. The Morgan fingerprint density at radius 1 is 1.36 bits per heavy atom. The topological polar surface area (TPSA) is 42.4 Å². The van der Waals surface area contributed by atoms with Crippen molar-refractivity contribution in [2.45, 2.75) is 44.5 Å². The second-order valence-electron chi connectivity index (χ2n) is 7.21. The van der Waals surface area contributed by atoms with E-state index in [-0.39, 0.29) is 22.9 Å². The lowest BCUT2D eigenvalue weighted by molar-refractivity contribution is -0.140. The van der Waals surface area contributed by atoms with Gasteiger partial charge in [-0.05, 0) is 49.6 Å². The number of hydrogen-bond acceptors (Lipinski definition) is 5. The number of fused-ring (bicyclic) bond motifs is 1. The van der Waals surface area contributed by atoms with Crippen LogP contribution < -0.4 is 0 Å². The molecule has 0 aromatic carbocycles. The summed E-state index contributed by atoms with van der Waals surface area (Å²) in [4.78, 5) is 19.8. The molecule has 2 atom stereocenters. The number of hydrogen-bond donors (Lipinski definition) is 0. The van der Waals surface area contributed by atoms with Gasteiger partial charge in [-0.15, -0.1) is 11.3 Å². The van der Waals surface area contributed by atoms with E-state index >= 15 is 0 Å². The van der Waals surface area contributed by atoms with E-state index < -0.39 is 11.9 Å². The summed E-state index contributed by atoms with van der Waals surface area (Å²) in [5.41, 5.74) is -0.224. The first-order valence-electron chi connectivity index (χ1n) is 9.32. The van der Waals surface area contributed by atoms with E-state index in [1.54, 1.807) is 6.92 Å². The normalized spacial score (nSPS) is 22.9. The first kappa shape index (κ1) is 20.0. The molecule has 0 bridgehead atoms. The maximum atomic E-state index is 13.4. The zero-order valence-electron chi connectivity index (χ0n) is 15.4. The molecule has 2 aromatic rings. The summed E-state index contributed by atoms with van der Waals surface area (Å²) >= 11 is 2.88. The van der Waals surface area contributed by atoms with Gasteiger partial charge >= 0.3 is 6.18 Å². The number of rotatable bonds is 4. The quantitative estimate of drug-likeness (QED) is 0.702. The predicted molar refractivity (Wildman–Crippen MR) is 105 cm³/mol. The molecule has 28 heavy (non-hydrogen) atoms. The smallest absolute Gasteiger partial charge is 0.376 e. The van der Waals surface area contributed by atoms with Crippen LogP contribution in [-0.2, 0) is 10.9 Å². The number of carbonyl (C=O) groups is 1. The van der Waals surface area contributed by atoms with Crippen molar-refractivity contribution in [3.05, 3.63) is 28.3 Å². The summed E-state index contributed by atoms with van der Waals surface area (Å²) in [6, 6.07) is 2.54. The first-order valence-corrected chi connectivity index (χ1v) is 11.3. The van der Waals surface area contributed by atoms with Crippen LogP contribution in [0.2, 0.25) is 0 Å². The summed E-state index contributed by atoms with van der Waals surface area (Å²) in [6.07, 6.45) is -1.59. The average molecular weight is 431 g/mol. The van der Waals surface area contributed by atoms with Gasteiger partial charge in [-0.3, -0.25) is 4.79 Å². The van der Waals surface area contributed by atoms with Crippen molar-refractivity contribution in [3.63, 3.8) is 0 Å². The minimum atomic E-state index is -4.50. The predicted octanol–water partition coefficient (Wildman–Crippen LogP) is 4.75. The number of halogens is 3. The highest BCUT2D eigenvalue weighted by atomic mass is 32.2. The van der Waals surface area contributed by atoms with Crippen LogP contribution >= 0.6 is 23.1 Å². The molecular formula is C19H21F3N2O2S2. The number of thioether (sulfide) groups is 1. The molecule has 0 saturated carbocycles. The third-order valence-corrected chi connectivity index (χ3v) is 7.65. The molecule has 4 rings (SSSR count). The fourth-order valence-electron chi connectivity index (χ4n) is 3.76. The minimum absolute atomic E-state index is 0.0409. The van der Waals surface area contributed by atoms with Crippen LogP contribution in [0.5, 0.6) is 0 Å². The fraction of sp³-hybridized carbons (Fsp3) is 0.579. The zero-order chi connectivity index (χ0) is 19.9. The van der Waals surface area contributed by atoms with Crippen molar-refractivity contribution in [3.8, 4) is 0 Å². The molecule has 9 heteroatoms. The Labute approximate surface area is 169 Å². The Balaban J connectivity index is 1.67. The summed E-state index contributed by atoms with van der Waals surface area (Å²) in [6.45, 7) is 3.05. The Hall–Kier alpha value is -1.32. The zero-order valence-corrected chi connectivity index (χ0v) is 17.1. The Kier molecular flexibility index (Phi) is 5.59. The molecule has 2 fully saturated rings. The molecule has 0 aliphatic carbocycles. The van der Waals surface area contributed by atoms with E-state index in [1.165, 1.54) is 6.07 Å². The van der Waals surface area contributed by atoms with Gasteiger partial charge in [-0.1, -0.05) is 0 Å². The van der Waals surface area contributed by atoms with Crippen LogP contribution in [0.1, 0.15) is 40.2 Å². The molecule has 152 valence electrons. The van der Waals surface area contributed by atoms with Crippen molar-refractivity contribution in [1.29, 1.82) is 0 Å². The lowest BCUT2D eigenvalue weighted by Gasteiger charge is -2.30. The van der Waals surface area contributed by atoms with Crippen molar-refractivity contribution < 1.29 is 22.7 Å². The van der Waals surface area contributed by atoms with Gasteiger partial charge < -0.3 is 9.64 Å². The lowest BCUT2D eigenvalue weighted by Crippen LogP contribution is -2.44. The van der Waals surface area contributed by atoms with Crippen LogP contribution in [0.3, 0.4) is 0 Å². The summed E-state index contributed by atoms with van der Waals surface area (Å²) in [5.74, 6) is 1.79. The maximum absolute atomic E-state index is 13.4. The van der Waals surface area contributed by atoms with Crippen LogP contribution in [0.25, 0.3) is 10.2 Å². The number of thiophene rings is 1. The van der Waals surface area contributed by atoms with Gasteiger partial charge in [0.2, 0.25) is 0 Å². The molecular weight excluding hydrogens is 409 g/mol. The van der Waals surface area contributed by atoms with Gasteiger partial charge in [0.05, 0.1) is 11.0 Å². The molecule has 4 nitrogen and oxygen atoms in total. The van der Waals surface area contributed by atoms with Crippen LogP contribution in [0.4, 0.5) is 13.2 Å². The van der Waals surface area contributed by atoms with Gasteiger partial charge in [0, 0.05) is 30.3 Å².